The predicted molar refractivity (Wildman–Crippen MR) is 116 cm³/mol. The minimum Gasteiger partial charge on any atom is -0.356 e. The van der Waals surface area contributed by atoms with Crippen LogP contribution in [-0.4, -0.2) is 51.6 Å². The molecule has 1 aromatic rings. The molecule has 1 rings (SSSR count). The first-order valence-electron chi connectivity index (χ1n) is 8.39. The maximum atomic E-state index is 11.7. The van der Waals surface area contributed by atoms with Crippen LogP contribution in [0.15, 0.2) is 29.3 Å². The van der Waals surface area contributed by atoms with Crippen LogP contribution in [0.3, 0.4) is 0 Å². The summed E-state index contributed by atoms with van der Waals surface area (Å²) in [5, 5.41) is 6.52. The third-order valence-corrected chi connectivity index (χ3v) is 5.81. The van der Waals surface area contributed by atoms with Gasteiger partial charge in [0, 0.05) is 33.7 Å². The average molecular weight is 482 g/mol. The minimum atomic E-state index is -3.10. The molecule has 0 aliphatic carbocycles. The van der Waals surface area contributed by atoms with Crippen LogP contribution in [0.4, 0.5) is 0 Å². The number of benzene rings is 1. The molecule has 0 radical (unpaired) electrons. The summed E-state index contributed by atoms with van der Waals surface area (Å²) in [4.78, 5) is 4.20. The van der Waals surface area contributed by atoms with Gasteiger partial charge in [-0.3, -0.25) is 4.99 Å². The lowest BCUT2D eigenvalue weighted by molar-refractivity contribution is 0.461. The van der Waals surface area contributed by atoms with E-state index in [0.29, 0.717) is 19.6 Å². The van der Waals surface area contributed by atoms with Gasteiger partial charge in [0.25, 0.3) is 0 Å². The summed E-state index contributed by atoms with van der Waals surface area (Å²) in [6.07, 6.45) is 1.73. The van der Waals surface area contributed by atoms with E-state index in [1.165, 1.54) is 15.4 Å². The molecule has 144 valence electrons. The number of nitrogens with zero attached hydrogens (tertiary/aromatic N) is 2. The fraction of sp³-hybridized carbons (Fsp3) is 0.588. The van der Waals surface area contributed by atoms with Crippen molar-refractivity contribution in [1.82, 2.24) is 14.9 Å². The summed E-state index contributed by atoms with van der Waals surface area (Å²) in [5.74, 6) is 0.860. The lowest BCUT2D eigenvalue weighted by atomic mass is 10.1. The molecular formula is C17H31IN4O2S. The maximum absolute atomic E-state index is 11.7. The van der Waals surface area contributed by atoms with E-state index in [4.69, 9.17) is 0 Å². The topological polar surface area (TPSA) is 73.8 Å². The number of sulfonamides is 1. The number of nitrogens with one attached hydrogen (secondary N) is 2. The molecule has 0 aromatic heterocycles. The zero-order valence-electron chi connectivity index (χ0n) is 15.6. The number of guanidine groups is 1. The second kappa shape index (κ2) is 12.5. The Morgan fingerprint density at radius 3 is 2.36 bits per heavy atom. The largest absolute Gasteiger partial charge is 0.356 e. The van der Waals surface area contributed by atoms with Crippen LogP contribution < -0.4 is 10.6 Å². The van der Waals surface area contributed by atoms with E-state index < -0.39 is 10.0 Å². The maximum Gasteiger partial charge on any atom is 0.213 e. The Labute approximate surface area is 169 Å². The Kier molecular flexibility index (Phi) is 12.0. The van der Waals surface area contributed by atoms with E-state index in [0.717, 1.165) is 18.8 Å². The zero-order valence-corrected chi connectivity index (χ0v) is 18.7. The monoisotopic (exact) mass is 482 g/mol. The van der Waals surface area contributed by atoms with Crippen molar-refractivity contribution in [3.8, 4) is 0 Å². The second-order valence-electron chi connectivity index (χ2n) is 5.55. The van der Waals surface area contributed by atoms with Crippen molar-refractivity contribution in [3.05, 3.63) is 35.4 Å². The summed E-state index contributed by atoms with van der Waals surface area (Å²) < 4.78 is 24.8. The van der Waals surface area contributed by atoms with E-state index in [9.17, 15) is 8.42 Å². The molecule has 8 heteroatoms. The molecule has 0 amide bonds. The van der Waals surface area contributed by atoms with E-state index in [1.807, 2.05) is 6.07 Å². The Morgan fingerprint density at radius 2 is 1.80 bits per heavy atom. The fourth-order valence-corrected chi connectivity index (χ4v) is 3.19. The van der Waals surface area contributed by atoms with Crippen LogP contribution in [0.2, 0.25) is 0 Å². The van der Waals surface area contributed by atoms with Crippen molar-refractivity contribution >= 4 is 40.0 Å². The molecule has 0 atom stereocenters. The first-order chi connectivity index (χ1) is 11.4. The normalized spacial score (nSPS) is 12.0. The van der Waals surface area contributed by atoms with Crippen LogP contribution >= 0.6 is 24.0 Å². The van der Waals surface area contributed by atoms with Crippen LogP contribution in [-0.2, 0) is 23.0 Å². The van der Waals surface area contributed by atoms with Crippen LogP contribution in [0, 0.1) is 0 Å². The number of rotatable bonds is 9. The highest BCUT2D eigenvalue weighted by molar-refractivity contribution is 14.0. The molecule has 0 fully saturated rings. The van der Waals surface area contributed by atoms with Crippen molar-refractivity contribution in [2.45, 2.75) is 33.2 Å². The summed E-state index contributed by atoms with van der Waals surface area (Å²) in [6.45, 7) is 5.68. The molecule has 2 N–H and O–H groups in total. The van der Waals surface area contributed by atoms with Gasteiger partial charge in [-0.2, -0.15) is 0 Å². The number of hydrogen-bond donors (Lipinski definition) is 2. The van der Waals surface area contributed by atoms with Gasteiger partial charge >= 0.3 is 0 Å². The highest BCUT2D eigenvalue weighted by atomic mass is 127. The lowest BCUT2D eigenvalue weighted by Gasteiger charge is -2.17. The summed E-state index contributed by atoms with van der Waals surface area (Å²) in [5.41, 5.74) is 2.59. The van der Waals surface area contributed by atoms with Crippen molar-refractivity contribution in [2.24, 2.45) is 4.99 Å². The van der Waals surface area contributed by atoms with Gasteiger partial charge < -0.3 is 10.6 Å². The van der Waals surface area contributed by atoms with Gasteiger partial charge in [0.05, 0.1) is 5.75 Å². The lowest BCUT2D eigenvalue weighted by Crippen LogP contribution is -2.38. The first kappa shape index (κ1) is 24.1. The molecule has 0 bridgehead atoms. The number of halogens is 1. The molecule has 0 spiro atoms. The third-order valence-electron chi connectivity index (χ3n) is 3.95. The SMILES string of the molecule is CCc1ccccc1CNC(=NC)NCCCN(C)S(=O)(=O)CC.I. The van der Waals surface area contributed by atoms with E-state index in [2.05, 4.69) is 40.7 Å². The van der Waals surface area contributed by atoms with E-state index >= 15 is 0 Å². The Morgan fingerprint density at radius 1 is 1.16 bits per heavy atom. The number of aryl methyl sites for hydroxylation is 1. The Hall–Kier alpha value is -0.870. The van der Waals surface area contributed by atoms with Gasteiger partial charge in [-0.1, -0.05) is 31.2 Å². The summed E-state index contributed by atoms with van der Waals surface area (Å²) >= 11 is 0. The standard InChI is InChI=1S/C17H30N4O2S.HI/c1-5-15-10-7-8-11-16(15)14-20-17(18-3)19-12-9-13-21(4)24(22,23)6-2;/h7-8,10-11H,5-6,9,12-14H2,1-4H3,(H2,18,19,20);1H. The average Bonchev–Trinajstić information content (AvgIpc) is 2.61. The molecular weight excluding hydrogens is 451 g/mol. The fourth-order valence-electron chi connectivity index (χ4n) is 2.34. The van der Waals surface area contributed by atoms with E-state index in [1.54, 1.807) is 21.0 Å². The Balaban J connectivity index is 0.00000576. The van der Waals surface area contributed by atoms with Gasteiger partial charge in [-0.15, -0.1) is 24.0 Å². The van der Waals surface area contributed by atoms with Crippen LogP contribution in [0.5, 0.6) is 0 Å². The van der Waals surface area contributed by atoms with Gasteiger partial charge in [-0.25, -0.2) is 12.7 Å². The van der Waals surface area contributed by atoms with E-state index in [-0.39, 0.29) is 29.7 Å². The van der Waals surface area contributed by atoms with Gasteiger partial charge in [0.15, 0.2) is 5.96 Å². The number of aliphatic imine (C=N–C) groups is 1. The van der Waals surface area contributed by atoms with Crippen LogP contribution in [0.1, 0.15) is 31.4 Å². The first-order valence-corrected chi connectivity index (χ1v) is 10.0. The minimum absolute atomic E-state index is 0. The quantitative estimate of drug-likeness (QED) is 0.245. The van der Waals surface area contributed by atoms with Gasteiger partial charge in [0.2, 0.25) is 10.0 Å². The van der Waals surface area contributed by atoms with Crippen molar-refractivity contribution < 1.29 is 8.42 Å². The Bertz CT molecular complexity index is 635. The molecule has 0 heterocycles. The summed E-state index contributed by atoms with van der Waals surface area (Å²) in [7, 11) is 0.251. The van der Waals surface area contributed by atoms with Crippen LogP contribution in [0.25, 0.3) is 0 Å². The van der Waals surface area contributed by atoms with Gasteiger partial charge in [0.1, 0.15) is 0 Å². The highest BCUT2D eigenvalue weighted by Crippen LogP contribution is 2.08. The second-order valence-corrected chi connectivity index (χ2v) is 7.91. The zero-order chi connectivity index (χ0) is 18.0. The smallest absolute Gasteiger partial charge is 0.213 e. The van der Waals surface area contributed by atoms with Gasteiger partial charge in [-0.05, 0) is 30.9 Å². The molecule has 0 aliphatic heterocycles. The van der Waals surface area contributed by atoms with Crippen molar-refractivity contribution in [1.29, 1.82) is 0 Å². The predicted octanol–water partition coefficient (Wildman–Crippen LogP) is 2.20. The molecule has 0 saturated carbocycles. The molecule has 1 aromatic carbocycles. The van der Waals surface area contributed by atoms with Crippen molar-refractivity contribution in [3.63, 3.8) is 0 Å². The molecule has 0 aliphatic rings. The van der Waals surface area contributed by atoms with Crippen molar-refractivity contribution in [2.75, 3.05) is 32.9 Å². The highest BCUT2D eigenvalue weighted by Gasteiger charge is 2.13. The molecule has 0 saturated heterocycles. The number of hydrogen-bond acceptors (Lipinski definition) is 3. The third kappa shape index (κ3) is 8.37. The molecule has 6 nitrogen and oxygen atoms in total. The molecule has 25 heavy (non-hydrogen) atoms. The summed E-state index contributed by atoms with van der Waals surface area (Å²) in [6, 6.07) is 8.34. The molecule has 0 unspecified atom stereocenters.